The number of benzene rings is 1. The summed E-state index contributed by atoms with van der Waals surface area (Å²) in [4.78, 5) is 34.7. The molecule has 5 heterocycles. The first-order valence-corrected chi connectivity index (χ1v) is 14.7. The van der Waals surface area contributed by atoms with Crippen LogP contribution in [0.3, 0.4) is 0 Å². The third-order valence-corrected chi connectivity index (χ3v) is 8.55. The molecule has 3 aliphatic heterocycles. The number of hydrogen-bond donors (Lipinski definition) is 1. The van der Waals surface area contributed by atoms with Gasteiger partial charge in [-0.2, -0.15) is 5.10 Å². The molecule has 0 spiro atoms. The molecule has 6 rings (SSSR count). The fourth-order valence-corrected chi connectivity index (χ4v) is 6.52. The molecule has 1 aromatic carbocycles. The number of nitrogens with one attached hydrogen (secondary N) is 1. The van der Waals surface area contributed by atoms with Crippen LogP contribution < -0.4 is 15.0 Å². The fraction of sp³-hybridized carbons (Fsp3) is 0.517. The van der Waals surface area contributed by atoms with Gasteiger partial charge >= 0.3 is 6.09 Å². The van der Waals surface area contributed by atoms with Crippen molar-refractivity contribution in [3.05, 3.63) is 41.2 Å². The lowest BCUT2D eigenvalue weighted by atomic mass is 9.94. The third-order valence-electron chi connectivity index (χ3n) is 7.43. The Balaban J connectivity index is 1.19. The van der Waals surface area contributed by atoms with Crippen LogP contribution in [-0.2, 0) is 11.2 Å². The van der Waals surface area contributed by atoms with Gasteiger partial charge in [0.1, 0.15) is 22.8 Å². The Bertz CT molecular complexity index is 1450. The number of thiazole rings is 1. The first-order valence-electron chi connectivity index (χ1n) is 13.8. The van der Waals surface area contributed by atoms with Crippen molar-refractivity contribution in [3.8, 4) is 16.9 Å². The van der Waals surface area contributed by atoms with Gasteiger partial charge in [0.15, 0.2) is 5.13 Å². The van der Waals surface area contributed by atoms with E-state index in [2.05, 4.69) is 33.6 Å². The standard InChI is InChI=1S/C29H36N6O4S/c1-28(2,3)39-27(37)33-10-8-20(9-11-33)35-17-19(16-30-35)18-6-7-23-22(14-18)34(12-13-38-23)26-31-21-15-29(4,5)32-25(36)24(21)40-26/h6-7,14,16-17,20H,8-13,15H2,1-5H3,(H,32,36). The predicted octanol–water partition coefficient (Wildman–Crippen LogP) is 5.17. The highest BCUT2D eigenvalue weighted by Gasteiger charge is 2.35. The molecule has 0 bridgehead atoms. The molecular weight excluding hydrogens is 528 g/mol. The zero-order valence-corrected chi connectivity index (χ0v) is 24.5. The van der Waals surface area contributed by atoms with Crippen molar-refractivity contribution in [2.24, 2.45) is 0 Å². The van der Waals surface area contributed by atoms with E-state index in [0.29, 0.717) is 37.5 Å². The van der Waals surface area contributed by atoms with Gasteiger partial charge in [-0.05, 0) is 65.2 Å². The number of hydrogen-bond acceptors (Lipinski definition) is 8. The number of aromatic nitrogens is 3. The van der Waals surface area contributed by atoms with Gasteiger partial charge in [0.05, 0.1) is 30.2 Å². The van der Waals surface area contributed by atoms with E-state index in [9.17, 15) is 9.59 Å². The highest BCUT2D eigenvalue weighted by atomic mass is 32.1. The highest BCUT2D eigenvalue weighted by molar-refractivity contribution is 7.17. The number of rotatable bonds is 3. The maximum Gasteiger partial charge on any atom is 0.410 e. The number of fused-ring (bicyclic) bond motifs is 2. The Morgan fingerprint density at radius 1 is 1.18 bits per heavy atom. The molecule has 2 amide bonds. The van der Waals surface area contributed by atoms with Crippen LogP contribution in [0.4, 0.5) is 15.6 Å². The molecule has 0 saturated carbocycles. The van der Waals surface area contributed by atoms with Gasteiger partial charge < -0.3 is 24.6 Å². The van der Waals surface area contributed by atoms with E-state index in [4.69, 9.17) is 14.5 Å². The number of amides is 2. The van der Waals surface area contributed by atoms with Crippen molar-refractivity contribution in [1.29, 1.82) is 0 Å². The van der Waals surface area contributed by atoms with Crippen LogP contribution in [0.1, 0.15) is 68.9 Å². The van der Waals surface area contributed by atoms with E-state index in [-0.39, 0.29) is 23.6 Å². The minimum absolute atomic E-state index is 0.0541. The topological polar surface area (TPSA) is 102 Å². The number of ether oxygens (including phenoxy) is 2. The molecule has 0 radical (unpaired) electrons. The largest absolute Gasteiger partial charge is 0.490 e. The molecule has 3 aliphatic rings. The number of likely N-dealkylation sites (tertiary alicyclic amines) is 1. The average Bonchev–Trinajstić information content (AvgIpc) is 3.54. The van der Waals surface area contributed by atoms with Crippen molar-refractivity contribution in [2.75, 3.05) is 31.1 Å². The van der Waals surface area contributed by atoms with Crippen molar-refractivity contribution in [3.63, 3.8) is 0 Å². The Hall–Kier alpha value is -3.60. The quantitative estimate of drug-likeness (QED) is 0.468. The Morgan fingerprint density at radius 3 is 2.70 bits per heavy atom. The summed E-state index contributed by atoms with van der Waals surface area (Å²) in [5, 5.41) is 8.57. The van der Waals surface area contributed by atoms with E-state index in [1.807, 2.05) is 51.6 Å². The second-order valence-electron chi connectivity index (χ2n) is 12.4. The number of carbonyl (C=O) groups excluding carboxylic acids is 2. The molecule has 0 aliphatic carbocycles. The summed E-state index contributed by atoms with van der Waals surface area (Å²) in [6.45, 7) is 12.2. The second-order valence-corrected chi connectivity index (χ2v) is 13.4. The molecule has 0 unspecified atom stereocenters. The third kappa shape index (κ3) is 5.26. The van der Waals surface area contributed by atoms with Crippen LogP contribution in [0.5, 0.6) is 5.75 Å². The lowest BCUT2D eigenvalue weighted by Gasteiger charge is -2.33. The molecule has 3 aromatic rings. The number of carbonyl (C=O) groups is 2. The summed E-state index contributed by atoms with van der Waals surface area (Å²) in [5.74, 6) is 0.747. The van der Waals surface area contributed by atoms with Crippen LogP contribution >= 0.6 is 11.3 Å². The van der Waals surface area contributed by atoms with E-state index < -0.39 is 5.60 Å². The lowest BCUT2D eigenvalue weighted by Crippen LogP contribution is -2.48. The highest BCUT2D eigenvalue weighted by Crippen LogP contribution is 2.42. The smallest absolute Gasteiger partial charge is 0.410 e. The van der Waals surface area contributed by atoms with E-state index in [1.54, 1.807) is 4.90 Å². The molecule has 2 aromatic heterocycles. The molecule has 40 heavy (non-hydrogen) atoms. The fourth-order valence-electron chi connectivity index (χ4n) is 5.50. The normalized spacial score (nSPS) is 19.0. The van der Waals surface area contributed by atoms with Gasteiger partial charge in [0.25, 0.3) is 5.91 Å². The second kappa shape index (κ2) is 9.79. The van der Waals surface area contributed by atoms with Crippen molar-refractivity contribution >= 4 is 34.2 Å². The monoisotopic (exact) mass is 564 g/mol. The van der Waals surface area contributed by atoms with Gasteiger partial charge in [-0.25, -0.2) is 9.78 Å². The van der Waals surface area contributed by atoms with E-state index >= 15 is 0 Å². The van der Waals surface area contributed by atoms with Crippen LogP contribution in [-0.4, -0.2) is 69.0 Å². The zero-order chi connectivity index (χ0) is 28.2. The summed E-state index contributed by atoms with van der Waals surface area (Å²) >= 11 is 1.44. The molecule has 0 atom stereocenters. The number of piperidine rings is 1. The van der Waals surface area contributed by atoms with Gasteiger partial charge in [-0.1, -0.05) is 17.4 Å². The minimum Gasteiger partial charge on any atom is -0.490 e. The van der Waals surface area contributed by atoms with Gasteiger partial charge in [-0.15, -0.1) is 0 Å². The number of nitrogens with zero attached hydrogens (tertiary/aromatic N) is 5. The van der Waals surface area contributed by atoms with Crippen molar-refractivity contribution in [2.45, 2.75) is 71.1 Å². The summed E-state index contributed by atoms with van der Waals surface area (Å²) < 4.78 is 13.5. The Morgan fingerprint density at radius 2 is 1.95 bits per heavy atom. The van der Waals surface area contributed by atoms with Crippen molar-refractivity contribution < 1.29 is 19.1 Å². The Kier molecular flexibility index (Phi) is 6.52. The lowest BCUT2D eigenvalue weighted by molar-refractivity contribution is 0.0184. The SMILES string of the molecule is CC1(C)Cc2nc(N3CCOc4ccc(-c5cnn(C6CCN(C(=O)OC(C)(C)C)CC6)c5)cc43)sc2C(=O)N1. The van der Waals surface area contributed by atoms with Gasteiger partial charge in [-0.3, -0.25) is 9.48 Å². The maximum absolute atomic E-state index is 12.7. The molecule has 212 valence electrons. The molecule has 1 saturated heterocycles. The van der Waals surface area contributed by atoms with Crippen LogP contribution in [0.15, 0.2) is 30.6 Å². The Labute approximate surface area is 238 Å². The maximum atomic E-state index is 12.7. The van der Waals surface area contributed by atoms with Gasteiger partial charge in [0.2, 0.25) is 0 Å². The summed E-state index contributed by atoms with van der Waals surface area (Å²) in [7, 11) is 0. The predicted molar refractivity (Wildman–Crippen MR) is 154 cm³/mol. The first-order chi connectivity index (χ1) is 19.0. The van der Waals surface area contributed by atoms with Crippen LogP contribution in [0.25, 0.3) is 11.1 Å². The summed E-state index contributed by atoms with van der Waals surface area (Å²) in [6.07, 6.45) is 6.08. The van der Waals surface area contributed by atoms with Crippen LogP contribution in [0, 0.1) is 0 Å². The van der Waals surface area contributed by atoms with E-state index in [1.165, 1.54) is 11.3 Å². The zero-order valence-electron chi connectivity index (χ0n) is 23.7. The average molecular weight is 565 g/mol. The van der Waals surface area contributed by atoms with Gasteiger partial charge in [0, 0.05) is 36.8 Å². The van der Waals surface area contributed by atoms with Crippen LogP contribution in [0.2, 0.25) is 0 Å². The number of anilines is 2. The molecular formula is C29H36N6O4S. The summed E-state index contributed by atoms with van der Waals surface area (Å²) in [6, 6.07) is 6.39. The molecule has 1 fully saturated rings. The molecule has 10 nitrogen and oxygen atoms in total. The summed E-state index contributed by atoms with van der Waals surface area (Å²) in [5.41, 5.74) is 3.04. The van der Waals surface area contributed by atoms with E-state index in [0.717, 1.165) is 46.2 Å². The minimum atomic E-state index is -0.495. The first kappa shape index (κ1) is 26.6. The van der Waals surface area contributed by atoms with Crippen molar-refractivity contribution in [1.82, 2.24) is 25.0 Å². The molecule has 1 N–H and O–H groups in total. The molecule has 11 heteroatoms.